The summed E-state index contributed by atoms with van der Waals surface area (Å²) in [5.74, 6) is 1.00. The minimum absolute atomic E-state index is 0.697. The van der Waals surface area contributed by atoms with Gasteiger partial charge in [-0.05, 0) is 31.2 Å². The van der Waals surface area contributed by atoms with Gasteiger partial charge in [-0.2, -0.15) is 0 Å². The maximum Gasteiger partial charge on any atom is 0.137 e. The Bertz CT molecular complexity index is 981. The number of hydrogen-bond donors (Lipinski definition) is 0. The van der Waals surface area contributed by atoms with Crippen molar-refractivity contribution in [2.24, 2.45) is 7.05 Å². The number of nitrogens with zero attached hydrogens (tertiary/aromatic N) is 4. The molecule has 0 unspecified atom stereocenters. The molecule has 0 aliphatic carbocycles. The molecule has 0 saturated carbocycles. The third-order valence-electron chi connectivity index (χ3n) is 3.82. The molecule has 3 heterocycles. The Morgan fingerprint density at radius 2 is 1.90 bits per heavy atom. The minimum Gasteiger partial charge on any atom is -0.331 e. The van der Waals surface area contributed by atoms with Crippen LogP contribution in [0.4, 0.5) is 0 Å². The van der Waals surface area contributed by atoms with Crippen LogP contribution in [0.3, 0.4) is 0 Å². The summed E-state index contributed by atoms with van der Waals surface area (Å²) in [6, 6.07) is 9.99. The lowest BCUT2D eigenvalue weighted by atomic mass is 10.1. The van der Waals surface area contributed by atoms with Gasteiger partial charge in [0.1, 0.15) is 11.5 Å². The second-order valence-electron chi connectivity index (χ2n) is 5.16. The highest BCUT2D eigenvalue weighted by molar-refractivity contribution is 6.30. The van der Waals surface area contributed by atoms with E-state index in [1.807, 2.05) is 42.9 Å². The highest BCUT2D eigenvalue weighted by atomic mass is 35.5. The Morgan fingerprint density at radius 1 is 1.05 bits per heavy atom. The van der Waals surface area contributed by atoms with Crippen LogP contribution in [0, 0.1) is 6.92 Å². The van der Waals surface area contributed by atoms with E-state index in [1.165, 1.54) is 0 Å². The summed E-state index contributed by atoms with van der Waals surface area (Å²) in [5, 5.41) is 0.697. The molecule has 0 aliphatic heterocycles. The number of benzene rings is 1. The average molecular weight is 297 g/mol. The number of aromatic nitrogens is 4. The fourth-order valence-electron chi connectivity index (χ4n) is 2.58. The summed E-state index contributed by atoms with van der Waals surface area (Å²) in [5.41, 5.74) is 4.97. The fourth-order valence-corrected chi connectivity index (χ4v) is 2.75. The van der Waals surface area contributed by atoms with Crippen LogP contribution in [0.1, 0.15) is 5.82 Å². The van der Waals surface area contributed by atoms with E-state index in [1.54, 1.807) is 0 Å². The smallest absolute Gasteiger partial charge is 0.137 e. The lowest BCUT2D eigenvalue weighted by Crippen LogP contribution is -1.89. The number of halogens is 1. The van der Waals surface area contributed by atoms with E-state index in [0.29, 0.717) is 5.02 Å². The normalized spacial score (nSPS) is 11.6. The highest BCUT2D eigenvalue weighted by Gasteiger charge is 2.09. The number of aryl methyl sites for hydroxylation is 2. The molecule has 0 fully saturated rings. The number of hydrogen-bond acceptors (Lipinski definition) is 2. The van der Waals surface area contributed by atoms with Crippen molar-refractivity contribution in [1.82, 2.24) is 18.9 Å². The molecule has 0 radical (unpaired) electrons. The second kappa shape index (κ2) is 4.33. The maximum absolute atomic E-state index is 6.01. The van der Waals surface area contributed by atoms with Gasteiger partial charge in [-0.25, -0.2) is 9.97 Å². The van der Waals surface area contributed by atoms with Crippen molar-refractivity contribution < 1.29 is 0 Å². The molecule has 5 heteroatoms. The van der Waals surface area contributed by atoms with Crippen LogP contribution < -0.4 is 0 Å². The first-order chi connectivity index (χ1) is 10.1. The van der Waals surface area contributed by atoms with Crippen LogP contribution in [0.2, 0.25) is 5.02 Å². The molecule has 0 bridgehead atoms. The van der Waals surface area contributed by atoms with Gasteiger partial charge in [0.05, 0.1) is 21.7 Å². The van der Waals surface area contributed by atoms with E-state index in [0.717, 1.165) is 33.8 Å². The van der Waals surface area contributed by atoms with Crippen molar-refractivity contribution in [3.63, 3.8) is 0 Å². The van der Waals surface area contributed by atoms with Crippen LogP contribution in [0.5, 0.6) is 0 Å². The topological polar surface area (TPSA) is 35.1 Å². The average Bonchev–Trinajstić information content (AvgIpc) is 3.00. The zero-order valence-corrected chi connectivity index (χ0v) is 12.5. The van der Waals surface area contributed by atoms with Gasteiger partial charge in [-0.15, -0.1) is 0 Å². The van der Waals surface area contributed by atoms with E-state index in [2.05, 4.69) is 32.7 Å². The third kappa shape index (κ3) is 1.91. The Balaban J connectivity index is 1.91. The summed E-state index contributed by atoms with van der Waals surface area (Å²) < 4.78 is 4.02. The molecule has 104 valence electrons. The Kier molecular flexibility index (Phi) is 2.56. The standard InChI is InChI=1S/C16H13ClN4/c1-10-18-13-7-11(3-5-15(13)20(10)2)14-9-21-8-12(17)4-6-16(21)19-14/h3-9H,1-2H3. The van der Waals surface area contributed by atoms with Crippen molar-refractivity contribution in [3.05, 3.63) is 53.6 Å². The number of pyridine rings is 1. The number of rotatable bonds is 1. The Morgan fingerprint density at radius 3 is 2.76 bits per heavy atom. The van der Waals surface area contributed by atoms with Crippen LogP contribution in [0.15, 0.2) is 42.7 Å². The molecular weight excluding hydrogens is 284 g/mol. The molecule has 0 atom stereocenters. The first-order valence-electron chi connectivity index (χ1n) is 6.69. The predicted octanol–water partition coefficient (Wildman–Crippen LogP) is 3.85. The second-order valence-corrected chi connectivity index (χ2v) is 5.60. The fraction of sp³-hybridized carbons (Fsp3) is 0.125. The number of imidazole rings is 2. The van der Waals surface area contributed by atoms with Crippen molar-refractivity contribution in [1.29, 1.82) is 0 Å². The van der Waals surface area contributed by atoms with Crippen molar-refractivity contribution in [2.75, 3.05) is 0 Å². The first-order valence-corrected chi connectivity index (χ1v) is 7.07. The molecule has 1 aromatic carbocycles. The van der Waals surface area contributed by atoms with Gasteiger partial charge in [0.2, 0.25) is 0 Å². The molecule has 3 aromatic heterocycles. The molecule has 4 nitrogen and oxygen atoms in total. The third-order valence-corrected chi connectivity index (χ3v) is 4.04. The van der Waals surface area contributed by atoms with Crippen LogP contribution in [-0.4, -0.2) is 18.9 Å². The van der Waals surface area contributed by atoms with Gasteiger partial charge in [0.15, 0.2) is 0 Å². The van der Waals surface area contributed by atoms with Crippen molar-refractivity contribution in [2.45, 2.75) is 6.92 Å². The van der Waals surface area contributed by atoms with Crippen molar-refractivity contribution >= 4 is 28.3 Å². The van der Waals surface area contributed by atoms with E-state index in [-0.39, 0.29) is 0 Å². The summed E-state index contributed by atoms with van der Waals surface area (Å²) >= 11 is 6.01. The summed E-state index contributed by atoms with van der Waals surface area (Å²) in [4.78, 5) is 9.20. The lowest BCUT2D eigenvalue weighted by molar-refractivity contribution is 0.886. The maximum atomic E-state index is 6.01. The van der Waals surface area contributed by atoms with E-state index in [9.17, 15) is 0 Å². The molecular formula is C16H13ClN4. The van der Waals surface area contributed by atoms with E-state index < -0.39 is 0 Å². The van der Waals surface area contributed by atoms with Gasteiger partial charge >= 0.3 is 0 Å². The van der Waals surface area contributed by atoms with E-state index in [4.69, 9.17) is 11.6 Å². The monoisotopic (exact) mass is 296 g/mol. The summed E-state index contributed by atoms with van der Waals surface area (Å²) in [7, 11) is 2.03. The quantitative estimate of drug-likeness (QED) is 0.535. The van der Waals surface area contributed by atoms with Gasteiger partial charge in [0.25, 0.3) is 0 Å². The van der Waals surface area contributed by atoms with Crippen LogP contribution in [-0.2, 0) is 7.05 Å². The first kappa shape index (κ1) is 12.4. The molecule has 0 spiro atoms. The van der Waals surface area contributed by atoms with Crippen molar-refractivity contribution in [3.8, 4) is 11.3 Å². The Hall–Kier alpha value is -2.33. The van der Waals surface area contributed by atoms with Crippen LogP contribution in [0.25, 0.3) is 27.9 Å². The number of fused-ring (bicyclic) bond motifs is 2. The van der Waals surface area contributed by atoms with Crippen LogP contribution >= 0.6 is 11.6 Å². The largest absolute Gasteiger partial charge is 0.331 e. The van der Waals surface area contributed by atoms with Gasteiger partial charge in [-0.3, -0.25) is 0 Å². The van der Waals surface area contributed by atoms with Gasteiger partial charge in [-0.1, -0.05) is 17.7 Å². The van der Waals surface area contributed by atoms with Gasteiger partial charge < -0.3 is 8.97 Å². The zero-order valence-electron chi connectivity index (χ0n) is 11.7. The van der Waals surface area contributed by atoms with E-state index >= 15 is 0 Å². The molecule has 21 heavy (non-hydrogen) atoms. The summed E-state index contributed by atoms with van der Waals surface area (Å²) in [6.07, 6.45) is 3.84. The molecule has 0 aliphatic rings. The Labute approximate surface area is 126 Å². The molecule has 0 amide bonds. The zero-order chi connectivity index (χ0) is 14.6. The highest BCUT2D eigenvalue weighted by Crippen LogP contribution is 2.24. The molecule has 0 N–H and O–H groups in total. The molecule has 4 rings (SSSR count). The minimum atomic E-state index is 0.697. The molecule has 0 saturated heterocycles. The summed E-state index contributed by atoms with van der Waals surface area (Å²) in [6.45, 7) is 2.01. The SMILES string of the molecule is Cc1nc2cc(-c3cn4cc(Cl)ccc4n3)ccc2n1C. The lowest BCUT2D eigenvalue weighted by Gasteiger charge is -1.98. The predicted molar refractivity (Wildman–Crippen MR) is 84.6 cm³/mol. The molecule has 4 aromatic rings. The van der Waals surface area contributed by atoms with Gasteiger partial charge in [0, 0.05) is 25.0 Å².